The van der Waals surface area contributed by atoms with Gasteiger partial charge in [0.05, 0.1) is 12.3 Å². The molecule has 1 amide bonds. The molecule has 122 valence electrons. The number of carbonyl (C=O) groups excluding carboxylic acids is 1. The number of nitrogens with zero attached hydrogens (tertiary/aromatic N) is 2. The molecule has 1 aromatic heterocycles. The molecule has 2 heterocycles. The van der Waals surface area contributed by atoms with Gasteiger partial charge in [0, 0.05) is 12.0 Å². The Kier molecular flexibility index (Phi) is 4.23. The Hall–Kier alpha value is -2.50. The summed E-state index contributed by atoms with van der Waals surface area (Å²) in [5, 5.41) is 2.99. The number of benzene rings is 1. The third kappa shape index (κ3) is 2.76. The lowest BCUT2D eigenvalue weighted by Gasteiger charge is -2.30. The molecule has 0 saturated heterocycles. The van der Waals surface area contributed by atoms with Gasteiger partial charge < -0.3 is 10.1 Å². The first-order chi connectivity index (χ1) is 11.2. The molecule has 0 bridgehead atoms. The lowest BCUT2D eigenvalue weighted by Crippen LogP contribution is -2.45. The second kappa shape index (κ2) is 6.32. The van der Waals surface area contributed by atoms with Crippen LogP contribution in [0, 0.1) is 6.92 Å². The molecule has 6 heteroatoms. The van der Waals surface area contributed by atoms with Gasteiger partial charge in [-0.2, -0.15) is 0 Å². The normalized spacial score (nSPS) is 16.5. The highest BCUT2D eigenvalue weighted by Gasteiger charge is 2.30. The summed E-state index contributed by atoms with van der Waals surface area (Å²) in [7, 11) is 0. The number of imidazole rings is 1. The molecule has 1 unspecified atom stereocenters. The number of hydrogen-bond acceptors (Lipinski definition) is 4. The summed E-state index contributed by atoms with van der Waals surface area (Å²) in [6.45, 7) is 6.48. The fourth-order valence-electron chi connectivity index (χ4n) is 2.90. The lowest BCUT2D eigenvalue weighted by molar-refractivity contribution is 0.0913. The van der Waals surface area contributed by atoms with E-state index in [0.717, 1.165) is 35.7 Å². The Labute approximate surface area is 135 Å². The monoisotopic (exact) mass is 314 g/mol. The van der Waals surface area contributed by atoms with Gasteiger partial charge in [0.1, 0.15) is 17.7 Å². The molecule has 2 aromatic rings. The largest absolute Gasteiger partial charge is 0.493 e. The number of nitrogens with one attached hydrogen (secondary N) is 2. The molecule has 0 aliphatic carbocycles. The number of aryl methyl sites for hydroxylation is 2. The van der Waals surface area contributed by atoms with E-state index in [0.29, 0.717) is 12.3 Å². The molecule has 0 radical (unpaired) electrons. The average Bonchev–Trinajstić information content (AvgIpc) is 2.85. The van der Waals surface area contributed by atoms with Crippen molar-refractivity contribution in [2.75, 3.05) is 12.0 Å². The Bertz CT molecular complexity index is 723. The van der Waals surface area contributed by atoms with Crippen molar-refractivity contribution in [2.45, 2.75) is 39.8 Å². The molecule has 1 aromatic carbocycles. The standard InChI is InChI=1S/C17H22N4O2/c1-4-8-14-18-11(3)15-17(22)19-16(20-21(14)15)12-9-6-7-10-13(12)23-5-2/h6-7,9-10,16,20H,4-5,8H2,1-3H3,(H,19,22). The van der Waals surface area contributed by atoms with Crippen LogP contribution in [0.1, 0.15) is 54.0 Å². The van der Waals surface area contributed by atoms with E-state index < -0.39 is 0 Å². The molecule has 0 saturated carbocycles. The van der Waals surface area contributed by atoms with Crippen LogP contribution in [0.4, 0.5) is 0 Å². The summed E-state index contributed by atoms with van der Waals surface area (Å²) < 4.78 is 7.50. The minimum absolute atomic E-state index is 0.118. The summed E-state index contributed by atoms with van der Waals surface area (Å²) in [5.74, 6) is 1.53. The van der Waals surface area contributed by atoms with Gasteiger partial charge in [-0.3, -0.25) is 10.2 Å². The molecule has 3 rings (SSSR count). The smallest absolute Gasteiger partial charge is 0.273 e. The SMILES string of the molecule is CCCc1nc(C)c2n1NC(c1ccccc1OCC)NC2=O. The van der Waals surface area contributed by atoms with Crippen LogP contribution in [0.5, 0.6) is 5.75 Å². The molecule has 6 nitrogen and oxygen atoms in total. The molecule has 2 N–H and O–H groups in total. The van der Waals surface area contributed by atoms with Crippen LogP contribution in [0.3, 0.4) is 0 Å². The van der Waals surface area contributed by atoms with Crippen molar-refractivity contribution in [1.82, 2.24) is 15.0 Å². The van der Waals surface area contributed by atoms with Crippen molar-refractivity contribution in [3.63, 3.8) is 0 Å². The summed E-state index contributed by atoms with van der Waals surface area (Å²) >= 11 is 0. The van der Waals surface area contributed by atoms with Crippen LogP contribution in [0.15, 0.2) is 24.3 Å². The summed E-state index contributed by atoms with van der Waals surface area (Å²) in [6, 6.07) is 7.73. The first-order valence-electron chi connectivity index (χ1n) is 8.03. The fourth-order valence-corrected chi connectivity index (χ4v) is 2.90. The Morgan fingerprint density at radius 2 is 2.09 bits per heavy atom. The highest BCUT2D eigenvalue weighted by atomic mass is 16.5. The van der Waals surface area contributed by atoms with Crippen LogP contribution in [-0.4, -0.2) is 22.2 Å². The number of carbonyl (C=O) groups is 1. The number of rotatable bonds is 5. The lowest BCUT2D eigenvalue weighted by atomic mass is 10.1. The zero-order chi connectivity index (χ0) is 16.4. The van der Waals surface area contributed by atoms with Crippen molar-refractivity contribution in [2.24, 2.45) is 0 Å². The molecule has 1 atom stereocenters. The van der Waals surface area contributed by atoms with E-state index in [-0.39, 0.29) is 12.1 Å². The van der Waals surface area contributed by atoms with Crippen molar-refractivity contribution in [1.29, 1.82) is 0 Å². The van der Waals surface area contributed by atoms with Gasteiger partial charge in [-0.1, -0.05) is 25.1 Å². The predicted molar refractivity (Wildman–Crippen MR) is 88.1 cm³/mol. The first-order valence-corrected chi connectivity index (χ1v) is 8.03. The Morgan fingerprint density at radius 1 is 1.30 bits per heavy atom. The average molecular weight is 314 g/mol. The third-order valence-electron chi connectivity index (χ3n) is 3.87. The topological polar surface area (TPSA) is 68.2 Å². The number of amides is 1. The molecular weight excluding hydrogens is 292 g/mol. The molecular formula is C17H22N4O2. The van der Waals surface area contributed by atoms with E-state index in [1.54, 1.807) is 0 Å². The second-order valence-electron chi connectivity index (χ2n) is 5.55. The molecule has 1 aliphatic heterocycles. The Balaban J connectivity index is 1.99. The van der Waals surface area contributed by atoms with E-state index in [2.05, 4.69) is 22.7 Å². The van der Waals surface area contributed by atoms with Gasteiger partial charge in [-0.05, 0) is 26.3 Å². The second-order valence-corrected chi connectivity index (χ2v) is 5.55. The zero-order valence-electron chi connectivity index (χ0n) is 13.7. The number of para-hydroxylation sites is 1. The first kappa shape index (κ1) is 15.4. The molecule has 0 spiro atoms. The number of ether oxygens (including phenoxy) is 1. The van der Waals surface area contributed by atoms with E-state index in [1.807, 2.05) is 42.8 Å². The number of aromatic nitrogens is 2. The van der Waals surface area contributed by atoms with Gasteiger partial charge in [-0.25, -0.2) is 9.66 Å². The van der Waals surface area contributed by atoms with Crippen molar-refractivity contribution < 1.29 is 9.53 Å². The summed E-state index contributed by atoms with van der Waals surface area (Å²) in [6.07, 6.45) is 1.45. The maximum atomic E-state index is 12.5. The maximum Gasteiger partial charge on any atom is 0.273 e. The van der Waals surface area contributed by atoms with Gasteiger partial charge >= 0.3 is 0 Å². The molecule has 1 aliphatic rings. The van der Waals surface area contributed by atoms with E-state index in [1.165, 1.54) is 0 Å². The zero-order valence-corrected chi connectivity index (χ0v) is 13.7. The van der Waals surface area contributed by atoms with Crippen LogP contribution in [0.2, 0.25) is 0 Å². The van der Waals surface area contributed by atoms with E-state index in [9.17, 15) is 4.79 Å². The van der Waals surface area contributed by atoms with Crippen LogP contribution in [0.25, 0.3) is 0 Å². The van der Waals surface area contributed by atoms with Crippen molar-refractivity contribution in [3.8, 4) is 5.75 Å². The van der Waals surface area contributed by atoms with Gasteiger partial charge in [0.2, 0.25) is 0 Å². The number of hydrogen-bond donors (Lipinski definition) is 2. The summed E-state index contributed by atoms with van der Waals surface area (Å²) in [4.78, 5) is 17.1. The number of fused-ring (bicyclic) bond motifs is 1. The molecule has 0 fully saturated rings. The van der Waals surface area contributed by atoms with Crippen molar-refractivity contribution >= 4 is 5.91 Å². The van der Waals surface area contributed by atoms with E-state index >= 15 is 0 Å². The van der Waals surface area contributed by atoms with Gasteiger partial charge in [0.15, 0.2) is 5.69 Å². The molecule has 23 heavy (non-hydrogen) atoms. The van der Waals surface area contributed by atoms with Gasteiger partial charge in [-0.15, -0.1) is 0 Å². The minimum atomic E-state index is -0.345. The van der Waals surface area contributed by atoms with Crippen molar-refractivity contribution in [3.05, 3.63) is 47.0 Å². The van der Waals surface area contributed by atoms with E-state index in [4.69, 9.17) is 4.74 Å². The van der Waals surface area contributed by atoms with Crippen LogP contribution >= 0.6 is 0 Å². The third-order valence-corrected chi connectivity index (χ3v) is 3.87. The highest BCUT2D eigenvalue weighted by molar-refractivity contribution is 5.95. The van der Waals surface area contributed by atoms with Gasteiger partial charge in [0.25, 0.3) is 5.91 Å². The predicted octanol–water partition coefficient (Wildman–Crippen LogP) is 2.53. The Morgan fingerprint density at radius 3 is 2.83 bits per heavy atom. The summed E-state index contributed by atoms with van der Waals surface area (Å²) in [5.41, 5.74) is 5.59. The highest BCUT2D eigenvalue weighted by Crippen LogP contribution is 2.27. The minimum Gasteiger partial charge on any atom is -0.493 e. The van der Waals surface area contributed by atoms with Crippen LogP contribution < -0.4 is 15.5 Å². The maximum absolute atomic E-state index is 12.5. The quantitative estimate of drug-likeness (QED) is 0.890. The van der Waals surface area contributed by atoms with Crippen LogP contribution in [-0.2, 0) is 6.42 Å². The fraction of sp³-hybridized carbons (Fsp3) is 0.412.